The van der Waals surface area contributed by atoms with E-state index in [1.165, 1.54) is 0 Å². The lowest BCUT2D eigenvalue weighted by molar-refractivity contribution is 0.0977. The van der Waals surface area contributed by atoms with Gasteiger partial charge in [0.05, 0.1) is 12.1 Å². The Hall–Kier alpha value is -1.56. The molecule has 1 amide bonds. The molecule has 0 fully saturated rings. The third-order valence-corrected chi connectivity index (χ3v) is 3.79. The van der Waals surface area contributed by atoms with E-state index in [0.29, 0.717) is 10.7 Å². The number of hydrogen-bond acceptors (Lipinski definition) is 5. The topological polar surface area (TPSA) is 57.6 Å². The van der Waals surface area contributed by atoms with Gasteiger partial charge in [-0.3, -0.25) is 9.79 Å². The summed E-state index contributed by atoms with van der Waals surface area (Å²) in [6.07, 6.45) is 1.61. The Morgan fingerprint density at radius 1 is 1.42 bits per heavy atom. The maximum absolute atomic E-state index is 12.0. The molecule has 1 N–H and O–H groups in total. The molecule has 5 nitrogen and oxygen atoms in total. The van der Waals surface area contributed by atoms with Gasteiger partial charge in [-0.2, -0.15) is 0 Å². The second-order valence-corrected chi connectivity index (χ2v) is 5.15. The number of amides is 1. The molecular formula is C13H18N4OS. The van der Waals surface area contributed by atoms with Crippen LogP contribution >= 0.6 is 11.8 Å². The fourth-order valence-corrected chi connectivity index (χ4v) is 2.56. The molecule has 1 aliphatic rings. The number of amidine groups is 1. The van der Waals surface area contributed by atoms with Gasteiger partial charge in [0.15, 0.2) is 5.17 Å². The van der Waals surface area contributed by atoms with E-state index in [0.717, 1.165) is 31.2 Å². The van der Waals surface area contributed by atoms with E-state index in [4.69, 9.17) is 0 Å². The zero-order chi connectivity index (χ0) is 13.7. The van der Waals surface area contributed by atoms with Crippen molar-refractivity contribution in [1.82, 2.24) is 10.3 Å². The number of rotatable bonds is 4. The van der Waals surface area contributed by atoms with Crippen molar-refractivity contribution in [3.63, 3.8) is 0 Å². The lowest BCUT2D eigenvalue weighted by Crippen LogP contribution is -2.28. The number of pyridine rings is 1. The first-order chi connectivity index (χ1) is 9.24. The number of anilines is 1. The molecule has 0 saturated carbocycles. The number of nitrogens with one attached hydrogen (secondary N) is 1. The van der Waals surface area contributed by atoms with Crippen LogP contribution in [0.4, 0.5) is 5.82 Å². The molecular weight excluding hydrogens is 260 g/mol. The summed E-state index contributed by atoms with van der Waals surface area (Å²) in [6, 6.07) is 3.68. The van der Waals surface area contributed by atoms with Crippen molar-refractivity contribution in [1.29, 1.82) is 0 Å². The van der Waals surface area contributed by atoms with Crippen LogP contribution < -0.4 is 10.2 Å². The van der Waals surface area contributed by atoms with Crippen molar-refractivity contribution in [2.45, 2.75) is 13.8 Å². The second kappa shape index (κ2) is 6.56. The van der Waals surface area contributed by atoms with E-state index in [1.54, 1.807) is 24.0 Å². The van der Waals surface area contributed by atoms with Gasteiger partial charge >= 0.3 is 0 Å². The molecule has 2 rings (SSSR count). The highest BCUT2D eigenvalue weighted by Gasteiger charge is 2.13. The molecule has 0 unspecified atom stereocenters. The Morgan fingerprint density at radius 3 is 2.74 bits per heavy atom. The molecule has 0 atom stereocenters. The van der Waals surface area contributed by atoms with E-state index in [-0.39, 0.29) is 5.91 Å². The van der Waals surface area contributed by atoms with Crippen LogP contribution in [0.3, 0.4) is 0 Å². The molecule has 19 heavy (non-hydrogen) atoms. The zero-order valence-corrected chi connectivity index (χ0v) is 12.0. The van der Waals surface area contributed by atoms with Crippen molar-refractivity contribution < 1.29 is 4.79 Å². The minimum Gasteiger partial charge on any atom is -0.357 e. The van der Waals surface area contributed by atoms with E-state index in [9.17, 15) is 4.79 Å². The SMILES string of the molecule is CCN(CC)c1ccc(C(=O)NC2=NCCS2)cn1. The minimum absolute atomic E-state index is 0.147. The normalized spacial score (nSPS) is 14.1. The predicted octanol–water partition coefficient (Wildman–Crippen LogP) is 1.76. The average molecular weight is 278 g/mol. The zero-order valence-electron chi connectivity index (χ0n) is 11.2. The van der Waals surface area contributed by atoms with Crippen LogP contribution in [0.2, 0.25) is 0 Å². The third-order valence-electron chi connectivity index (χ3n) is 2.90. The lowest BCUT2D eigenvalue weighted by atomic mass is 10.2. The summed E-state index contributed by atoms with van der Waals surface area (Å²) in [4.78, 5) is 22.6. The fraction of sp³-hybridized carbons (Fsp3) is 0.462. The Morgan fingerprint density at radius 2 is 2.21 bits per heavy atom. The van der Waals surface area contributed by atoms with Gasteiger partial charge in [0.25, 0.3) is 5.91 Å². The summed E-state index contributed by atoms with van der Waals surface area (Å²) < 4.78 is 0. The van der Waals surface area contributed by atoms with Gasteiger partial charge in [-0.15, -0.1) is 0 Å². The fourth-order valence-electron chi connectivity index (χ4n) is 1.84. The Labute approximate surface area is 117 Å². The molecule has 2 heterocycles. The van der Waals surface area contributed by atoms with E-state index >= 15 is 0 Å². The predicted molar refractivity (Wildman–Crippen MR) is 80.0 cm³/mol. The number of aliphatic imine (C=N–C) groups is 1. The van der Waals surface area contributed by atoms with Gasteiger partial charge in [-0.25, -0.2) is 4.98 Å². The quantitative estimate of drug-likeness (QED) is 0.912. The standard InChI is InChI=1S/C13H18N4OS/c1-3-17(4-2)11-6-5-10(9-15-11)12(18)16-13-14-7-8-19-13/h5-6,9H,3-4,7-8H2,1-2H3,(H,14,16,18). The molecule has 1 aromatic heterocycles. The number of aromatic nitrogens is 1. The van der Waals surface area contributed by atoms with Crippen LogP contribution in [0.5, 0.6) is 0 Å². The van der Waals surface area contributed by atoms with Gasteiger partial charge in [-0.1, -0.05) is 11.8 Å². The highest BCUT2D eigenvalue weighted by Crippen LogP contribution is 2.12. The van der Waals surface area contributed by atoms with Crippen molar-refractivity contribution in [2.24, 2.45) is 4.99 Å². The second-order valence-electron chi connectivity index (χ2n) is 4.07. The average Bonchev–Trinajstić information content (AvgIpc) is 2.94. The van der Waals surface area contributed by atoms with Crippen LogP contribution in [-0.4, -0.2) is 41.4 Å². The number of carbonyl (C=O) groups is 1. The molecule has 0 bridgehead atoms. The molecule has 0 radical (unpaired) electrons. The first kappa shape index (κ1) is 13.9. The number of hydrogen-bond donors (Lipinski definition) is 1. The molecule has 6 heteroatoms. The monoisotopic (exact) mass is 278 g/mol. The Bertz CT molecular complexity index is 468. The van der Waals surface area contributed by atoms with Crippen molar-refractivity contribution in [3.8, 4) is 0 Å². The Balaban J connectivity index is 2.03. The van der Waals surface area contributed by atoms with Gasteiger partial charge in [-0.05, 0) is 26.0 Å². The Kier molecular flexibility index (Phi) is 4.79. The third kappa shape index (κ3) is 3.47. The van der Waals surface area contributed by atoms with Crippen LogP contribution in [0.1, 0.15) is 24.2 Å². The van der Waals surface area contributed by atoms with Crippen LogP contribution in [-0.2, 0) is 0 Å². The maximum Gasteiger partial charge on any atom is 0.258 e. The summed E-state index contributed by atoms with van der Waals surface area (Å²) >= 11 is 1.57. The molecule has 0 aromatic carbocycles. The van der Waals surface area contributed by atoms with Crippen molar-refractivity contribution >= 4 is 28.7 Å². The van der Waals surface area contributed by atoms with Gasteiger partial charge in [0.1, 0.15) is 5.82 Å². The first-order valence-corrected chi connectivity index (χ1v) is 7.42. The minimum atomic E-state index is -0.147. The van der Waals surface area contributed by atoms with E-state index < -0.39 is 0 Å². The molecule has 0 spiro atoms. The first-order valence-electron chi connectivity index (χ1n) is 6.44. The van der Waals surface area contributed by atoms with Gasteiger partial charge in [0.2, 0.25) is 0 Å². The number of carbonyl (C=O) groups excluding carboxylic acids is 1. The summed E-state index contributed by atoms with van der Waals surface area (Å²) in [5.74, 6) is 1.69. The van der Waals surface area contributed by atoms with Crippen molar-refractivity contribution in [3.05, 3.63) is 23.9 Å². The molecule has 102 valence electrons. The molecule has 1 aromatic rings. The highest BCUT2D eigenvalue weighted by molar-refractivity contribution is 8.14. The largest absolute Gasteiger partial charge is 0.357 e. The molecule has 1 aliphatic heterocycles. The summed E-state index contributed by atoms with van der Waals surface area (Å²) in [5, 5.41) is 3.50. The van der Waals surface area contributed by atoms with Crippen molar-refractivity contribution in [2.75, 3.05) is 30.3 Å². The lowest BCUT2D eigenvalue weighted by Gasteiger charge is -2.19. The van der Waals surface area contributed by atoms with Crippen LogP contribution in [0.15, 0.2) is 23.3 Å². The summed E-state index contributed by atoms with van der Waals surface area (Å²) in [7, 11) is 0. The molecule has 0 saturated heterocycles. The number of thioether (sulfide) groups is 1. The smallest absolute Gasteiger partial charge is 0.258 e. The van der Waals surface area contributed by atoms with Gasteiger partial charge in [0, 0.05) is 25.0 Å². The summed E-state index contributed by atoms with van der Waals surface area (Å²) in [6.45, 7) is 6.76. The van der Waals surface area contributed by atoms with Crippen LogP contribution in [0.25, 0.3) is 0 Å². The molecule has 0 aliphatic carbocycles. The van der Waals surface area contributed by atoms with Crippen LogP contribution in [0, 0.1) is 0 Å². The highest BCUT2D eigenvalue weighted by atomic mass is 32.2. The van der Waals surface area contributed by atoms with E-state index in [1.807, 2.05) is 6.07 Å². The maximum atomic E-state index is 12.0. The summed E-state index contributed by atoms with van der Waals surface area (Å²) in [5.41, 5.74) is 0.561. The number of nitrogens with zero attached hydrogens (tertiary/aromatic N) is 3. The van der Waals surface area contributed by atoms with Gasteiger partial charge < -0.3 is 10.2 Å². The van der Waals surface area contributed by atoms with E-state index in [2.05, 4.69) is 34.0 Å².